The third kappa shape index (κ3) is 1.19. The highest BCUT2D eigenvalue weighted by Crippen LogP contribution is 2.42. The maximum atomic E-state index is 5.40. The van der Waals surface area contributed by atoms with Gasteiger partial charge < -0.3 is 14.6 Å². The van der Waals surface area contributed by atoms with Gasteiger partial charge >= 0.3 is 6.01 Å². The maximum Gasteiger partial charge on any atom is 0.321 e. The zero-order valence-electron chi connectivity index (χ0n) is 7.83. The van der Waals surface area contributed by atoms with Crippen LogP contribution in [0.2, 0.25) is 0 Å². The van der Waals surface area contributed by atoms with Gasteiger partial charge in [0.05, 0.1) is 0 Å². The van der Waals surface area contributed by atoms with Crippen LogP contribution in [0.25, 0.3) is 0 Å². The van der Waals surface area contributed by atoms with Crippen molar-refractivity contribution in [1.82, 2.24) is 10.1 Å². The van der Waals surface area contributed by atoms with Crippen molar-refractivity contribution in [2.75, 3.05) is 19.5 Å². The predicted molar refractivity (Wildman–Crippen MR) is 46.4 cm³/mol. The van der Waals surface area contributed by atoms with E-state index in [1.165, 1.54) is 0 Å². The minimum absolute atomic E-state index is 0.279. The molecule has 0 saturated heterocycles. The quantitative estimate of drug-likeness (QED) is 0.761. The van der Waals surface area contributed by atoms with Crippen molar-refractivity contribution >= 4 is 6.01 Å². The Labute approximate surface area is 76.5 Å². The van der Waals surface area contributed by atoms with Gasteiger partial charge in [-0.25, -0.2) is 0 Å². The second-order valence-electron chi connectivity index (χ2n) is 3.23. The zero-order chi connectivity index (χ0) is 9.31. The summed E-state index contributed by atoms with van der Waals surface area (Å²) in [6.45, 7) is 0. The Morgan fingerprint density at radius 1 is 1.54 bits per heavy atom. The van der Waals surface area contributed by atoms with Gasteiger partial charge in [-0.15, -0.1) is 0 Å². The van der Waals surface area contributed by atoms with Gasteiger partial charge in [0.1, 0.15) is 5.60 Å². The van der Waals surface area contributed by atoms with Crippen LogP contribution in [0, 0.1) is 0 Å². The molecule has 1 heterocycles. The highest BCUT2D eigenvalue weighted by Gasteiger charge is 2.43. The summed E-state index contributed by atoms with van der Waals surface area (Å²) in [5.74, 6) is 0.658. The summed E-state index contributed by atoms with van der Waals surface area (Å²) >= 11 is 0. The van der Waals surface area contributed by atoms with Gasteiger partial charge in [0.25, 0.3) is 0 Å². The summed E-state index contributed by atoms with van der Waals surface area (Å²) in [6, 6.07) is 0.443. The van der Waals surface area contributed by atoms with Crippen LogP contribution in [0.15, 0.2) is 4.52 Å². The standard InChI is InChI=1S/C8H13N3O2/c1-9-7-10-6(11-13-7)8(12-2)4-3-5-8/h3-5H2,1-2H3,(H,9,10,11). The van der Waals surface area contributed by atoms with Crippen molar-refractivity contribution in [3.05, 3.63) is 5.82 Å². The summed E-state index contributed by atoms with van der Waals surface area (Å²) in [5, 5.41) is 6.67. The van der Waals surface area contributed by atoms with Crippen LogP contribution in [0.4, 0.5) is 6.01 Å². The van der Waals surface area contributed by atoms with E-state index in [1.54, 1.807) is 14.2 Å². The smallest absolute Gasteiger partial charge is 0.321 e. The molecule has 0 unspecified atom stereocenters. The van der Waals surface area contributed by atoms with E-state index in [2.05, 4.69) is 15.5 Å². The van der Waals surface area contributed by atoms with Crippen LogP contribution in [-0.4, -0.2) is 24.3 Å². The number of hydrogen-bond donors (Lipinski definition) is 1. The van der Waals surface area contributed by atoms with E-state index in [1.807, 2.05) is 0 Å². The van der Waals surface area contributed by atoms with Gasteiger partial charge in [-0.1, -0.05) is 5.16 Å². The van der Waals surface area contributed by atoms with Gasteiger partial charge in [-0.3, -0.25) is 0 Å². The minimum atomic E-state index is -0.279. The Morgan fingerprint density at radius 2 is 2.31 bits per heavy atom. The van der Waals surface area contributed by atoms with Crippen molar-refractivity contribution in [1.29, 1.82) is 0 Å². The molecule has 72 valence electrons. The average Bonchev–Trinajstić information content (AvgIpc) is 2.52. The molecule has 0 aromatic carbocycles. The first-order valence-electron chi connectivity index (χ1n) is 4.38. The molecule has 13 heavy (non-hydrogen) atoms. The summed E-state index contributed by atoms with van der Waals surface area (Å²) in [7, 11) is 3.44. The minimum Gasteiger partial charge on any atom is -0.370 e. The van der Waals surface area contributed by atoms with Crippen LogP contribution in [-0.2, 0) is 10.3 Å². The fourth-order valence-corrected chi connectivity index (χ4v) is 1.53. The van der Waals surface area contributed by atoms with E-state index in [0.717, 1.165) is 19.3 Å². The fraction of sp³-hybridized carbons (Fsp3) is 0.750. The number of rotatable bonds is 3. The predicted octanol–water partition coefficient (Wildman–Crippen LogP) is 1.14. The normalized spacial score (nSPS) is 19.5. The van der Waals surface area contributed by atoms with Gasteiger partial charge in [0, 0.05) is 14.2 Å². The van der Waals surface area contributed by atoms with Gasteiger partial charge in [-0.2, -0.15) is 4.98 Å². The molecule has 0 atom stereocenters. The SMILES string of the molecule is CNc1nc(C2(OC)CCC2)no1. The lowest BCUT2D eigenvalue weighted by Gasteiger charge is -2.37. The number of ether oxygens (including phenoxy) is 1. The molecule has 1 saturated carbocycles. The van der Waals surface area contributed by atoms with E-state index in [-0.39, 0.29) is 5.60 Å². The molecule has 1 aliphatic rings. The number of nitrogens with zero attached hydrogens (tertiary/aromatic N) is 2. The molecule has 1 aromatic rings. The summed E-state index contributed by atoms with van der Waals surface area (Å²) in [5.41, 5.74) is -0.279. The number of nitrogens with one attached hydrogen (secondary N) is 1. The Balaban J connectivity index is 2.23. The van der Waals surface area contributed by atoms with Crippen molar-refractivity contribution in [2.45, 2.75) is 24.9 Å². The molecule has 1 aliphatic carbocycles. The molecule has 1 aromatic heterocycles. The number of methoxy groups -OCH3 is 1. The molecular formula is C8H13N3O2. The summed E-state index contributed by atoms with van der Waals surface area (Å²) < 4.78 is 10.4. The van der Waals surface area contributed by atoms with E-state index in [9.17, 15) is 0 Å². The molecule has 1 N–H and O–H groups in total. The second-order valence-corrected chi connectivity index (χ2v) is 3.23. The molecule has 5 nitrogen and oxygen atoms in total. The van der Waals surface area contributed by atoms with Crippen molar-refractivity contribution in [2.24, 2.45) is 0 Å². The van der Waals surface area contributed by atoms with E-state index in [0.29, 0.717) is 11.8 Å². The molecule has 1 fully saturated rings. The van der Waals surface area contributed by atoms with Crippen LogP contribution in [0.1, 0.15) is 25.1 Å². The molecule has 0 spiro atoms. The molecular weight excluding hydrogens is 170 g/mol. The van der Waals surface area contributed by atoms with E-state index in [4.69, 9.17) is 9.26 Å². The number of anilines is 1. The zero-order valence-corrected chi connectivity index (χ0v) is 7.83. The number of hydrogen-bond acceptors (Lipinski definition) is 5. The van der Waals surface area contributed by atoms with Crippen LogP contribution in [0.3, 0.4) is 0 Å². The van der Waals surface area contributed by atoms with Crippen LogP contribution in [0.5, 0.6) is 0 Å². The molecule has 0 radical (unpaired) electrons. The maximum absolute atomic E-state index is 5.40. The van der Waals surface area contributed by atoms with Crippen LogP contribution >= 0.6 is 0 Å². The lowest BCUT2D eigenvalue weighted by Crippen LogP contribution is -2.37. The molecule has 0 amide bonds. The fourth-order valence-electron chi connectivity index (χ4n) is 1.53. The first kappa shape index (κ1) is 8.50. The molecule has 5 heteroatoms. The first-order valence-corrected chi connectivity index (χ1v) is 4.38. The van der Waals surface area contributed by atoms with Gasteiger partial charge in [0.15, 0.2) is 0 Å². The Kier molecular flexibility index (Phi) is 1.95. The Hall–Kier alpha value is -1.10. The van der Waals surface area contributed by atoms with E-state index < -0.39 is 0 Å². The van der Waals surface area contributed by atoms with Crippen molar-refractivity contribution in [3.8, 4) is 0 Å². The van der Waals surface area contributed by atoms with Crippen LogP contribution < -0.4 is 5.32 Å². The molecule has 0 bridgehead atoms. The van der Waals surface area contributed by atoms with Gasteiger partial charge in [-0.05, 0) is 19.3 Å². The Morgan fingerprint density at radius 3 is 2.69 bits per heavy atom. The lowest BCUT2D eigenvalue weighted by molar-refractivity contribution is -0.0858. The largest absolute Gasteiger partial charge is 0.370 e. The molecule has 0 aliphatic heterocycles. The number of aromatic nitrogens is 2. The lowest BCUT2D eigenvalue weighted by atomic mass is 9.79. The second kappa shape index (κ2) is 2.99. The highest BCUT2D eigenvalue weighted by molar-refractivity contribution is 5.19. The highest BCUT2D eigenvalue weighted by atomic mass is 16.5. The van der Waals surface area contributed by atoms with Gasteiger partial charge in [0.2, 0.25) is 5.82 Å². The third-order valence-electron chi connectivity index (χ3n) is 2.60. The van der Waals surface area contributed by atoms with Crippen molar-refractivity contribution < 1.29 is 9.26 Å². The van der Waals surface area contributed by atoms with Crippen molar-refractivity contribution in [3.63, 3.8) is 0 Å². The van der Waals surface area contributed by atoms with E-state index >= 15 is 0 Å². The summed E-state index contributed by atoms with van der Waals surface area (Å²) in [6.07, 6.45) is 3.12. The average molecular weight is 183 g/mol. The molecule has 2 rings (SSSR count). The summed E-state index contributed by atoms with van der Waals surface area (Å²) in [4.78, 5) is 4.18. The Bertz CT molecular complexity index is 288. The monoisotopic (exact) mass is 183 g/mol. The first-order chi connectivity index (χ1) is 6.30. The third-order valence-corrected chi connectivity index (χ3v) is 2.60. The topological polar surface area (TPSA) is 60.2 Å².